The van der Waals surface area contributed by atoms with Crippen LogP contribution in [0.3, 0.4) is 0 Å². The maximum atomic E-state index is 13.5. The molecule has 29 heavy (non-hydrogen) atoms. The number of hydrogen-bond donors (Lipinski definition) is 2. The Bertz CT molecular complexity index is 1260. The third kappa shape index (κ3) is 3.63. The topological polar surface area (TPSA) is 65.9 Å². The van der Waals surface area contributed by atoms with Crippen LogP contribution in [0.15, 0.2) is 58.4 Å². The Morgan fingerprint density at radius 3 is 2.59 bits per heavy atom. The van der Waals surface area contributed by atoms with Crippen LogP contribution in [-0.4, -0.2) is 27.0 Å². The number of H-pyrrole nitrogens is 2. The van der Waals surface area contributed by atoms with E-state index in [0.29, 0.717) is 35.6 Å². The van der Waals surface area contributed by atoms with E-state index in [2.05, 4.69) is 15.1 Å². The molecule has 0 saturated carbocycles. The summed E-state index contributed by atoms with van der Waals surface area (Å²) in [6, 6.07) is 10.3. The highest BCUT2D eigenvalue weighted by Crippen LogP contribution is 2.20. The summed E-state index contributed by atoms with van der Waals surface area (Å²) in [5.41, 5.74) is 3.99. The van der Waals surface area contributed by atoms with Crippen LogP contribution in [0.25, 0.3) is 16.6 Å². The third-order valence-corrected chi connectivity index (χ3v) is 4.98. The summed E-state index contributed by atoms with van der Waals surface area (Å²) in [5, 5.41) is 3.86. The first-order chi connectivity index (χ1) is 13.9. The largest absolute Gasteiger partial charge is 0.361 e. The molecule has 2 N–H and O–H groups in total. The summed E-state index contributed by atoms with van der Waals surface area (Å²) < 4.78 is 28.0. The quantitative estimate of drug-likeness (QED) is 0.488. The summed E-state index contributed by atoms with van der Waals surface area (Å²) >= 11 is 0. The van der Waals surface area contributed by atoms with Gasteiger partial charge in [-0.25, -0.2) is 13.5 Å². The molecule has 0 saturated heterocycles. The third-order valence-electron chi connectivity index (χ3n) is 4.98. The minimum absolute atomic E-state index is 0.232. The van der Waals surface area contributed by atoms with E-state index in [-0.39, 0.29) is 17.2 Å². The molecule has 0 aliphatic carbocycles. The second kappa shape index (κ2) is 7.50. The molecule has 0 spiro atoms. The van der Waals surface area contributed by atoms with Gasteiger partial charge < -0.3 is 4.98 Å². The molecule has 2 aromatic heterocycles. The lowest BCUT2D eigenvalue weighted by molar-refractivity contribution is 0.626. The smallest absolute Gasteiger partial charge is 0.280 e. The van der Waals surface area contributed by atoms with E-state index in [0.717, 1.165) is 16.5 Å². The van der Waals surface area contributed by atoms with E-state index in [1.54, 1.807) is 32.0 Å². The van der Waals surface area contributed by atoms with Crippen molar-refractivity contribution in [2.75, 3.05) is 6.54 Å². The highest BCUT2D eigenvalue weighted by atomic mass is 19.1. The number of nitrogens with zero attached hydrogens (tertiary/aromatic N) is 2. The van der Waals surface area contributed by atoms with E-state index in [4.69, 9.17) is 0 Å². The summed E-state index contributed by atoms with van der Waals surface area (Å²) in [6.45, 7) is 4.07. The van der Waals surface area contributed by atoms with Crippen LogP contribution in [-0.2, 0) is 6.42 Å². The Labute approximate surface area is 165 Å². The number of aryl methyl sites for hydroxylation is 1. The van der Waals surface area contributed by atoms with Crippen molar-refractivity contribution in [2.45, 2.75) is 20.3 Å². The number of nitrogens with one attached hydrogen (secondary N) is 2. The zero-order valence-electron chi connectivity index (χ0n) is 16.1. The van der Waals surface area contributed by atoms with E-state index in [1.807, 2.05) is 6.20 Å². The normalized spacial score (nSPS) is 12.1. The maximum Gasteiger partial charge on any atom is 0.280 e. The summed E-state index contributed by atoms with van der Waals surface area (Å²) in [7, 11) is 0. The van der Waals surface area contributed by atoms with Crippen LogP contribution in [0.5, 0.6) is 0 Å². The summed E-state index contributed by atoms with van der Waals surface area (Å²) in [5.74, 6) is -0.637. The second-order valence-corrected chi connectivity index (χ2v) is 6.95. The number of rotatable bonds is 5. The predicted molar refractivity (Wildman–Crippen MR) is 110 cm³/mol. The Hall–Kier alpha value is -3.48. The maximum absolute atomic E-state index is 13.5. The lowest BCUT2D eigenvalue weighted by atomic mass is 10.1. The molecule has 0 radical (unpaired) electrons. The van der Waals surface area contributed by atoms with Gasteiger partial charge in [-0.1, -0.05) is 0 Å². The van der Waals surface area contributed by atoms with Gasteiger partial charge in [0.15, 0.2) is 0 Å². The van der Waals surface area contributed by atoms with Gasteiger partial charge in [0, 0.05) is 35.1 Å². The fourth-order valence-electron chi connectivity index (χ4n) is 3.53. The number of aliphatic imine (C=N–C) groups is 1. The molecule has 2 aromatic carbocycles. The zero-order chi connectivity index (χ0) is 20.5. The molecule has 0 bridgehead atoms. The minimum Gasteiger partial charge on any atom is -0.361 e. The van der Waals surface area contributed by atoms with E-state index >= 15 is 0 Å². The van der Waals surface area contributed by atoms with Crippen molar-refractivity contribution in [1.29, 1.82) is 0 Å². The number of aromatic amines is 2. The molecule has 2 heterocycles. The van der Waals surface area contributed by atoms with Gasteiger partial charge >= 0.3 is 0 Å². The van der Waals surface area contributed by atoms with Crippen molar-refractivity contribution < 1.29 is 8.78 Å². The summed E-state index contributed by atoms with van der Waals surface area (Å²) in [6.07, 6.45) is 2.48. The molecule has 0 atom stereocenters. The van der Waals surface area contributed by atoms with Gasteiger partial charge in [0.1, 0.15) is 11.6 Å². The Morgan fingerprint density at radius 1 is 1.10 bits per heavy atom. The highest BCUT2D eigenvalue weighted by Gasteiger charge is 2.15. The number of benzene rings is 2. The van der Waals surface area contributed by atoms with Crippen molar-refractivity contribution in [3.05, 3.63) is 87.5 Å². The number of fused-ring (bicyclic) bond motifs is 1. The molecule has 0 aliphatic heterocycles. The lowest BCUT2D eigenvalue weighted by Crippen LogP contribution is -2.20. The monoisotopic (exact) mass is 394 g/mol. The molecule has 4 rings (SSSR count). The molecule has 0 amide bonds. The molecule has 148 valence electrons. The Kier molecular flexibility index (Phi) is 4.88. The van der Waals surface area contributed by atoms with Crippen LogP contribution >= 0.6 is 0 Å². The van der Waals surface area contributed by atoms with E-state index in [1.165, 1.54) is 28.9 Å². The predicted octanol–water partition coefficient (Wildman–Crippen LogP) is 4.29. The van der Waals surface area contributed by atoms with Gasteiger partial charge in [-0.05, 0) is 68.3 Å². The standard InChI is InChI=1S/C22H20F2N4O/c1-13(25-10-9-15-12-26-20-8-5-17(24)11-19(15)20)21-14(2)27-28(22(21)29)18-6-3-16(23)4-7-18/h3-8,11-12,26-27H,9-10H2,1-2H3. The van der Waals surface area contributed by atoms with Crippen molar-refractivity contribution in [2.24, 2.45) is 4.99 Å². The molecule has 0 fully saturated rings. The molecular formula is C22H20F2N4O. The molecule has 5 nitrogen and oxygen atoms in total. The molecule has 0 aliphatic rings. The van der Waals surface area contributed by atoms with Crippen LogP contribution in [0.1, 0.15) is 23.7 Å². The average Bonchev–Trinajstić information content (AvgIpc) is 3.22. The fourth-order valence-corrected chi connectivity index (χ4v) is 3.53. The van der Waals surface area contributed by atoms with Crippen LogP contribution < -0.4 is 5.56 Å². The Balaban J connectivity index is 1.57. The van der Waals surface area contributed by atoms with Gasteiger partial charge in [-0.2, -0.15) is 0 Å². The first-order valence-electron chi connectivity index (χ1n) is 9.28. The van der Waals surface area contributed by atoms with Crippen molar-refractivity contribution in [3.63, 3.8) is 0 Å². The molecule has 0 unspecified atom stereocenters. The second-order valence-electron chi connectivity index (χ2n) is 6.95. The lowest BCUT2D eigenvalue weighted by Gasteiger charge is -2.01. The van der Waals surface area contributed by atoms with Crippen molar-refractivity contribution in [1.82, 2.24) is 14.8 Å². The first kappa shape index (κ1) is 18.9. The van der Waals surface area contributed by atoms with Gasteiger partial charge in [-0.15, -0.1) is 0 Å². The van der Waals surface area contributed by atoms with Gasteiger partial charge in [0.05, 0.1) is 11.3 Å². The zero-order valence-corrected chi connectivity index (χ0v) is 16.1. The van der Waals surface area contributed by atoms with Gasteiger partial charge in [0.2, 0.25) is 0 Å². The molecular weight excluding hydrogens is 374 g/mol. The number of hydrogen-bond acceptors (Lipinski definition) is 2. The minimum atomic E-state index is -0.361. The first-order valence-corrected chi connectivity index (χ1v) is 9.28. The van der Waals surface area contributed by atoms with E-state index < -0.39 is 0 Å². The van der Waals surface area contributed by atoms with Gasteiger partial charge in [0.25, 0.3) is 5.56 Å². The van der Waals surface area contributed by atoms with E-state index in [9.17, 15) is 13.6 Å². The SMILES string of the molecule is CC(=NCCc1c[nH]c2ccc(F)cc12)c1c(C)[nH]n(-c2ccc(F)cc2)c1=O. The van der Waals surface area contributed by atoms with Crippen molar-refractivity contribution >= 4 is 16.6 Å². The fraction of sp³-hybridized carbons (Fsp3) is 0.182. The van der Waals surface area contributed by atoms with Gasteiger partial charge in [-0.3, -0.25) is 14.9 Å². The van der Waals surface area contributed by atoms with Crippen LogP contribution in [0.4, 0.5) is 8.78 Å². The van der Waals surface area contributed by atoms with Crippen LogP contribution in [0, 0.1) is 18.6 Å². The summed E-state index contributed by atoms with van der Waals surface area (Å²) in [4.78, 5) is 20.5. The number of aromatic nitrogens is 3. The number of halogens is 2. The Morgan fingerprint density at radius 2 is 1.83 bits per heavy atom. The highest BCUT2D eigenvalue weighted by molar-refractivity contribution is 5.99. The molecule has 4 aromatic rings. The van der Waals surface area contributed by atoms with Crippen LogP contribution in [0.2, 0.25) is 0 Å². The average molecular weight is 394 g/mol. The molecule has 7 heteroatoms. The van der Waals surface area contributed by atoms with Crippen molar-refractivity contribution in [3.8, 4) is 5.69 Å².